The number of hydrogen-bond acceptors (Lipinski definition) is 2. The van der Waals surface area contributed by atoms with E-state index in [0.29, 0.717) is 5.92 Å². The van der Waals surface area contributed by atoms with Crippen molar-refractivity contribution in [1.82, 2.24) is 5.32 Å². The Morgan fingerprint density at radius 1 is 1.33 bits per heavy atom. The third kappa shape index (κ3) is 3.55. The lowest BCUT2D eigenvalue weighted by molar-refractivity contribution is -0.0113. The van der Waals surface area contributed by atoms with Crippen LogP contribution in [0.1, 0.15) is 40.0 Å². The Balaban J connectivity index is 3.96. The van der Waals surface area contributed by atoms with Gasteiger partial charge in [-0.05, 0) is 32.9 Å². The van der Waals surface area contributed by atoms with Gasteiger partial charge >= 0.3 is 0 Å². The first-order valence-corrected chi connectivity index (χ1v) is 4.95. The van der Waals surface area contributed by atoms with Gasteiger partial charge in [0, 0.05) is 0 Å². The second-order valence-corrected chi connectivity index (χ2v) is 3.72. The van der Waals surface area contributed by atoms with Crippen molar-refractivity contribution in [1.29, 1.82) is 0 Å². The van der Waals surface area contributed by atoms with Gasteiger partial charge in [0.05, 0.1) is 5.60 Å². The molecular weight excluding hydrogens is 150 g/mol. The summed E-state index contributed by atoms with van der Waals surface area (Å²) in [7, 11) is 1.92. The van der Waals surface area contributed by atoms with Crippen LogP contribution in [0.4, 0.5) is 0 Å². The third-order valence-electron chi connectivity index (χ3n) is 2.75. The summed E-state index contributed by atoms with van der Waals surface area (Å²) in [5.74, 6) is 0.436. The average molecular weight is 173 g/mol. The minimum absolute atomic E-state index is 0.436. The number of nitrogens with one attached hydrogen (secondary N) is 1. The van der Waals surface area contributed by atoms with Gasteiger partial charge in [0.2, 0.25) is 0 Å². The van der Waals surface area contributed by atoms with Crippen LogP contribution in [0.25, 0.3) is 0 Å². The molecule has 0 saturated carbocycles. The molecule has 2 N–H and O–H groups in total. The molecule has 1 atom stereocenters. The normalized spacial score (nSPS) is 16.5. The molecule has 0 aliphatic heterocycles. The van der Waals surface area contributed by atoms with Crippen molar-refractivity contribution < 1.29 is 5.11 Å². The highest BCUT2D eigenvalue weighted by Crippen LogP contribution is 2.26. The smallest absolute Gasteiger partial charge is 0.0659 e. The van der Waals surface area contributed by atoms with Crippen LogP contribution in [0.5, 0.6) is 0 Å². The van der Waals surface area contributed by atoms with Crippen molar-refractivity contribution in [3.05, 3.63) is 0 Å². The first-order valence-electron chi connectivity index (χ1n) is 4.95. The summed E-state index contributed by atoms with van der Waals surface area (Å²) >= 11 is 0. The highest BCUT2D eigenvalue weighted by molar-refractivity contribution is 4.80. The maximum atomic E-state index is 10.1. The lowest BCUT2D eigenvalue weighted by atomic mass is 9.82. The minimum atomic E-state index is -0.494. The quantitative estimate of drug-likeness (QED) is 0.642. The topological polar surface area (TPSA) is 32.3 Å². The van der Waals surface area contributed by atoms with Crippen molar-refractivity contribution in [3.63, 3.8) is 0 Å². The molecule has 0 amide bonds. The zero-order valence-corrected chi connectivity index (χ0v) is 8.85. The molecule has 0 radical (unpaired) electrons. The fourth-order valence-corrected chi connectivity index (χ4v) is 1.75. The summed E-state index contributed by atoms with van der Waals surface area (Å²) in [6.45, 7) is 7.12. The Morgan fingerprint density at radius 2 is 1.83 bits per heavy atom. The van der Waals surface area contributed by atoms with Gasteiger partial charge in [-0.25, -0.2) is 0 Å². The molecule has 2 heteroatoms. The molecule has 0 spiro atoms. The van der Waals surface area contributed by atoms with E-state index in [-0.39, 0.29) is 0 Å². The Kier molecular flexibility index (Phi) is 5.51. The van der Waals surface area contributed by atoms with E-state index in [4.69, 9.17) is 0 Å². The maximum Gasteiger partial charge on any atom is 0.0659 e. The van der Waals surface area contributed by atoms with E-state index in [0.717, 1.165) is 25.8 Å². The molecule has 1 unspecified atom stereocenters. The lowest BCUT2D eigenvalue weighted by Gasteiger charge is -2.31. The van der Waals surface area contributed by atoms with E-state index in [2.05, 4.69) is 19.2 Å². The van der Waals surface area contributed by atoms with Crippen LogP contribution >= 0.6 is 0 Å². The van der Waals surface area contributed by atoms with Crippen LogP contribution in [-0.2, 0) is 0 Å². The third-order valence-corrected chi connectivity index (χ3v) is 2.75. The predicted octanol–water partition coefficient (Wildman–Crippen LogP) is 1.78. The molecule has 0 aliphatic rings. The molecule has 0 rings (SSSR count). The van der Waals surface area contributed by atoms with Crippen LogP contribution in [0, 0.1) is 5.92 Å². The largest absolute Gasteiger partial charge is 0.390 e. The summed E-state index contributed by atoms with van der Waals surface area (Å²) < 4.78 is 0. The zero-order chi connectivity index (χ0) is 9.61. The number of hydrogen-bond donors (Lipinski definition) is 2. The second kappa shape index (κ2) is 5.55. The molecule has 0 bridgehead atoms. The van der Waals surface area contributed by atoms with Gasteiger partial charge in [0.25, 0.3) is 0 Å². The summed E-state index contributed by atoms with van der Waals surface area (Å²) in [5, 5.41) is 13.1. The fourth-order valence-electron chi connectivity index (χ4n) is 1.75. The number of aliphatic hydroxyl groups is 1. The van der Waals surface area contributed by atoms with Crippen LogP contribution < -0.4 is 5.32 Å². The van der Waals surface area contributed by atoms with Crippen molar-refractivity contribution in [3.8, 4) is 0 Å². The van der Waals surface area contributed by atoms with Gasteiger partial charge in [-0.2, -0.15) is 0 Å². The molecular formula is C10H23NO. The maximum absolute atomic E-state index is 10.1. The Bertz CT molecular complexity index is 108. The highest BCUT2D eigenvalue weighted by atomic mass is 16.3. The zero-order valence-electron chi connectivity index (χ0n) is 8.85. The van der Waals surface area contributed by atoms with Gasteiger partial charge in [0.1, 0.15) is 0 Å². The monoisotopic (exact) mass is 173 g/mol. The van der Waals surface area contributed by atoms with Gasteiger partial charge in [0.15, 0.2) is 0 Å². The van der Waals surface area contributed by atoms with Gasteiger partial charge in [-0.1, -0.05) is 26.7 Å². The van der Waals surface area contributed by atoms with E-state index < -0.39 is 5.60 Å². The molecule has 12 heavy (non-hydrogen) atoms. The number of rotatable bonds is 6. The Hall–Kier alpha value is -0.0800. The highest BCUT2D eigenvalue weighted by Gasteiger charge is 2.28. The molecule has 74 valence electrons. The SMILES string of the molecule is CCC(CC)C(C)(O)CCNC. The van der Waals surface area contributed by atoms with E-state index >= 15 is 0 Å². The van der Waals surface area contributed by atoms with E-state index in [1.54, 1.807) is 0 Å². The Labute approximate surface area is 76.4 Å². The molecule has 0 aromatic heterocycles. The van der Waals surface area contributed by atoms with E-state index in [1.165, 1.54) is 0 Å². The molecule has 0 heterocycles. The van der Waals surface area contributed by atoms with Crippen LogP contribution in [0.3, 0.4) is 0 Å². The van der Waals surface area contributed by atoms with Gasteiger partial charge < -0.3 is 10.4 Å². The van der Waals surface area contributed by atoms with E-state index in [1.807, 2.05) is 14.0 Å². The lowest BCUT2D eigenvalue weighted by Crippen LogP contribution is -2.36. The van der Waals surface area contributed by atoms with Gasteiger partial charge in [-0.15, -0.1) is 0 Å². The Morgan fingerprint density at radius 3 is 2.17 bits per heavy atom. The summed E-state index contributed by atoms with van der Waals surface area (Å²) in [6.07, 6.45) is 2.97. The fraction of sp³-hybridized carbons (Fsp3) is 1.00. The molecule has 2 nitrogen and oxygen atoms in total. The minimum Gasteiger partial charge on any atom is -0.390 e. The van der Waals surface area contributed by atoms with Crippen LogP contribution in [0.2, 0.25) is 0 Å². The first-order chi connectivity index (χ1) is 5.58. The van der Waals surface area contributed by atoms with Crippen LogP contribution in [0.15, 0.2) is 0 Å². The summed E-state index contributed by atoms with van der Waals surface area (Å²) in [5.41, 5.74) is -0.494. The van der Waals surface area contributed by atoms with Crippen LogP contribution in [-0.4, -0.2) is 24.3 Å². The standard InChI is InChI=1S/C10H23NO/c1-5-9(6-2)10(3,12)7-8-11-4/h9,11-12H,5-8H2,1-4H3. The predicted molar refractivity (Wildman–Crippen MR) is 53.2 cm³/mol. The molecule has 0 aromatic rings. The summed E-state index contributed by atoms with van der Waals surface area (Å²) in [4.78, 5) is 0. The average Bonchev–Trinajstić information content (AvgIpc) is 2.03. The summed E-state index contributed by atoms with van der Waals surface area (Å²) in [6, 6.07) is 0. The van der Waals surface area contributed by atoms with Crippen molar-refractivity contribution in [2.75, 3.05) is 13.6 Å². The first kappa shape index (κ1) is 11.9. The molecule has 0 saturated heterocycles. The van der Waals surface area contributed by atoms with Crippen molar-refractivity contribution in [2.45, 2.75) is 45.6 Å². The molecule has 0 aliphatic carbocycles. The molecule has 0 aromatic carbocycles. The van der Waals surface area contributed by atoms with Crippen molar-refractivity contribution in [2.24, 2.45) is 5.92 Å². The second-order valence-electron chi connectivity index (χ2n) is 3.72. The van der Waals surface area contributed by atoms with Gasteiger partial charge in [-0.3, -0.25) is 0 Å². The molecule has 0 fully saturated rings. The van der Waals surface area contributed by atoms with Crippen molar-refractivity contribution >= 4 is 0 Å². The van der Waals surface area contributed by atoms with E-state index in [9.17, 15) is 5.11 Å².